The molecule has 154 valence electrons. The van der Waals surface area contributed by atoms with Gasteiger partial charge < -0.3 is 10.1 Å². The van der Waals surface area contributed by atoms with Crippen LogP contribution in [-0.4, -0.2) is 5.54 Å². The van der Waals surface area contributed by atoms with Crippen LogP contribution in [-0.2, 0) is 13.2 Å². The maximum absolute atomic E-state index is 6.11. The fraction of sp³-hybridized carbons (Fsp3) is 0.556. The SMILES string of the molecule is Cc1ccccc1COc1cccc(CNC23CC4CC(C)(CC(C)(C4)C2)C3)c1. The minimum atomic E-state index is 0.348. The molecule has 4 bridgehead atoms. The molecule has 29 heavy (non-hydrogen) atoms. The zero-order valence-electron chi connectivity index (χ0n) is 18.3. The van der Waals surface area contributed by atoms with Gasteiger partial charge in [0.25, 0.3) is 0 Å². The zero-order valence-corrected chi connectivity index (χ0v) is 18.3. The van der Waals surface area contributed by atoms with Gasteiger partial charge in [0.2, 0.25) is 0 Å². The van der Waals surface area contributed by atoms with Crippen LogP contribution in [0, 0.1) is 23.7 Å². The number of hydrogen-bond donors (Lipinski definition) is 1. The Hall–Kier alpha value is -1.80. The van der Waals surface area contributed by atoms with Gasteiger partial charge in [0.05, 0.1) is 0 Å². The van der Waals surface area contributed by atoms with Gasteiger partial charge in [-0.1, -0.05) is 50.2 Å². The highest BCUT2D eigenvalue weighted by atomic mass is 16.5. The van der Waals surface area contributed by atoms with Gasteiger partial charge in [0.1, 0.15) is 12.4 Å². The van der Waals surface area contributed by atoms with Crippen LogP contribution < -0.4 is 10.1 Å². The molecule has 0 radical (unpaired) electrons. The van der Waals surface area contributed by atoms with Gasteiger partial charge in [-0.15, -0.1) is 0 Å². The highest BCUT2D eigenvalue weighted by Crippen LogP contribution is 2.66. The Kier molecular flexibility index (Phi) is 4.55. The quantitative estimate of drug-likeness (QED) is 0.616. The Labute approximate surface area is 176 Å². The van der Waals surface area contributed by atoms with E-state index in [0.717, 1.165) is 18.2 Å². The number of aryl methyl sites for hydroxylation is 1. The fourth-order valence-electron chi connectivity index (χ4n) is 7.61. The lowest BCUT2D eigenvalue weighted by atomic mass is 9.43. The molecule has 0 spiro atoms. The lowest BCUT2D eigenvalue weighted by Gasteiger charge is -2.65. The van der Waals surface area contributed by atoms with Gasteiger partial charge in [-0.2, -0.15) is 0 Å². The molecule has 0 amide bonds. The van der Waals surface area contributed by atoms with Crippen molar-refractivity contribution in [2.45, 2.75) is 78.0 Å². The Morgan fingerprint density at radius 2 is 1.69 bits per heavy atom. The molecular formula is C27H35NO. The molecule has 2 unspecified atom stereocenters. The van der Waals surface area contributed by atoms with Crippen molar-refractivity contribution in [1.82, 2.24) is 5.32 Å². The second-order valence-corrected chi connectivity index (χ2v) is 11.1. The molecule has 0 heterocycles. The van der Waals surface area contributed by atoms with Gasteiger partial charge in [0, 0.05) is 12.1 Å². The van der Waals surface area contributed by atoms with Crippen LogP contribution in [0.15, 0.2) is 48.5 Å². The molecule has 2 aromatic carbocycles. The molecule has 2 aromatic rings. The summed E-state index contributed by atoms with van der Waals surface area (Å²) < 4.78 is 6.11. The van der Waals surface area contributed by atoms with Crippen molar-refractivity contribution in [3.8, 4) is 5.75 Å². The molecule has 4 saturated carbocycles. The lowest BCUT2D eigenvalue weighted by molar-refractivity contribution is -0.118. The molecule has 2 heteroatoms. The van der Waals surface area contributed by atoms with E-state index in [1.54, 1.807) is 0 Å². The predicted octanol–water partition coefficient (Wildman–Crippen LogP) is 6.41. The third kappa shape index (κ3) is 3.84. The second-order valence-electron chi connectivity index (χ2n) is 11.1. The number of nitrogens with one attached hydrogen (secondary N) is 1. The maximum atomic E-state index is 6.11. The Morgan fingerprint density at radius 1 is 0.931 bits per heavy atom. The summed E-state index contributed by atoms with van der Waals surface area (Å²) in [6.45, 7) is 8.82. The van der Waals surface area contributed by atoms with Crippen molar-refractivity contribution in [1.29, 1.82) is 0 Å². The first-order chi connectivity index (χ1) is 13.8. The lowest BCUT2D eigenvalue weighted by Crippen LogP contribution is -2.63. The average Bonchev–Trinajstić information content (AvgIpc) is 2.63. The monoisotopic (exact) mass is 389 g/mol. The first kappa shape index (κ1) is 19.2. The third-order valence-electron chi connectivity index (χ3n) is 7.85. The molecule has 0 aromatic heterocycles. The first-order valence-electron chi connectivity index (χ1n) is 11.4. The molecule has 0 aliphatic heterocycles. The van der Waals surface area contributed by atoms with E-state index in [-0.39, 0.29) is 0 Å². The van der Waals surface area contributed by atoms with Crippen LogP contribution in [0.2, 0.25) is 0 Å². The number of ether oxygens (including phenoxy) is 1. The molecule has 6 rings (SSSR count). The van der Waals surface area contributed by atoms with E-state index in [0.29, 0.717) is 23.0 Å². The highest BCUT2D eigenvalue weighted by molar-refractivity contribution is 5.30. The van der Waals surface area contributed by atoms with E-state index in [2.05, 4.69) is 74.6 Å². The summed E-state index contributed by atoms with van der Waals surface area (Å²) in [6, 6.07) is 17.1. The number of rotatable bonds is 6. The van der Waals surface area contributed by atoms with E-state index in [1.165, 1.54) is 55.2 Å². The third-order valence-corrected chi connectivity index (χ3v) is 7.85. The number of benzene rings is 2. The summed E-state index contributed by atoms with van der Waals surface area (Å²) in [5.74, 6) is 1.90. The zero-order chi connectivity index (χ0) is 20.1. The van der Waals surface area contributed by atoms with E-state index >= 15 is 0 Å². The minimum Gasteiger partial charge on any atom is -0.489 e. The van der Waals surface area contributed by atoms with Gasteiger partial charge >= 0.3 is 0 Å². The van der Waals surface area contributed by atoms with Gasteiger partial charge in [-0.05, 0) is 91.0 Å². The largest absolute Gasteiger partial charge is 0.489 e. The fourth-order valence-corrected chi connectivity index (χ4v) is 7.61. The highest BCUT2D eigenvalue weighted by Gasteiger charge is 2.59. The predicted molar refractivity (Wildman–Crippen MR) is 119 cm³/mol. The van der Waals surface area contributed by atoms with Crippen molar-refractivity contribution in [3.63, 3.8) is 0 Å². The van der Waals surface area contributed by atoms with E-state index < -0.39 is 0 Å². The Bertz CT molecular complexity index is 885. The van der Waals surface area contributed by atoms with Crippen molar-refractivity contribution in [2.24, 2.45) is 16.7 Å². The number of hydrogen-bond acceptors (Lipinski definition) is 2. The molecule has 1 N–H and O–H groups in total. The molecule has 0 saturated heterocycles. The maximum Gasteiger partial charge on any atom is 0.120 e. The smallest absolute Gasteiger partial charge is 0.120 e. The van der Waals surface area contributed by atoms with E-state index in [4.69, 9.17) is 4.74 Å². The Morgan fingerprint density at radius 3 is 2.41 bits per heavy atom. The van der Waals surface area contributed by atoms with Gasteiger partial charge in [-0.25, -0.2) is 0 Å². The van der Waals surface area contributed by atoms with Crippen molar-refractivity contribution >= 4 is 0 Å². The molecular weight excluding hydrogens is 354 g/mol. The minimum absolute atomic E-state index is 0.348. The summed E-state index contributed by atoms with van der Waals surface area (Å²) in [4.78, 5) is 0. The molecule has 4 aliphatic rings. The van der Waals surface area contributed by atoms with Crippen molar-refractivity contribution < 1.29 is 4.74 Å². The molecule has 2 atom stereocenters. The average molecular weight is 390 g/mol. The summed E-state index contributed by atoms with van der Waals surface area (Å²) in [5, 5.41) is 4.05. The van der Waals surface area contributed by atoms with Crippen LogP contribution in [0.5, 0.6) is 5.75 Å². The van der Waals surface area contributed by atoms with Crippen LogP contribution in [0.3, 0.4) is 0 Å². The molecule has 2 nitrogen and oxygen atoms in total. The van der Waals surface area contributed by atoms with Crippen LogP contribution in [0.4, 0.5) is 0 Å². The molecule has 4 fully saturated rings. The topological polar surface area (TPSA) is 21.3 Å². The summed E-state index contributed by atoms with van der Waals surface area (Å²) >= 11 is 0. The summed E-state index contributed by atoms with van der Waals surface area (Å²) in [6.07, 6.45) is 8.43. The molecule has 4 aliphatic carbocycles. The van der Waals surface area contributed by atoms with E-state index in [1.807, 2.05) is 0 Å². The van der Waals surface area contributed by atoms with Crippen LogP contribution in [0.1, 0.15) is 69.1 Å². The second kappa shape index (κ2) is 6.87. The van der Waals surface area contributed by atoms with Crippen molar-refractivity contribution in [3.05, 3.63) is 65.2 Å². The van der Waals surface area contributed by atoms with Gasteiger partial charge in [-0.3, -0.25) is 0 Å². The standard InChI is InChI=1S/C27H35NO/c1-20-7-4-5-9-23(20)16-29-24-10-6-8-21(11-24)15-28-27-14-22-12-25(2,18-27)17-26(3,13-22)19-27/h4-11,22,28H,12-19H2,1-3H3. The summed E-state index contributed by atoms with van der Waals surface area (Å²) in [7, 11) is 0. The van der Waals surface area contributed by atoms with Gasteiger partial charge in [0.15, 0.2) is 0 Å². The van der Waals surface area contributed by atoms with Crippen LogP contribution >= 0.6 is 0 Å². The first-order valence-corrected chi connectivity index (χ1v) is 11.4. The summed E-state index contributed by atoms with van der Waals surface area (Å²) in [5.41, 5.74) is 5.33. The normalized spacial score (nSPS) is 35.1. The van der Waals surface area contributed by atoms with Crippen LogP contribution in [0.25, 0.3) is 0 Å². The van der Waals surface area contributed by atoms with E-state index in [9.17, 15) is 0 Å². The Balaban J connectivity index is 1.25. The van der Waals surface area contributed by atoms with Crippen molar-refractivity contribution in [2.75, 3.05) is 0 Å².